The summed E-state index contributed by atoms with van der Waals surface area (Å²) in [7, 11) is -3.64. The Kier molecular flexibility index (Phi) is 4.65. The molecule has 0 bridgehead atoms. The molecule has 4 nitrogen and oxygen atoms in total. The summed E-state index contributed by atoms with van der Waals surface area (Å²) in [6.07, 6.45) is 0. The second-order valence-corrected chi connectivity index (χ2v) is 8.95. The number of hydrogen-bond donors (Lipinski definition) is 2. The third-order valence-corrected chi connectivity index (χ3v) is 6.43. The number of sulfonamides is 1. The average molecular weight is 411 g/mol. The van der Waals surface area contributed by atoms with Crippen molar-refractivity contribution in [3.8, 4) is 11.3 Å². The zero-order valence-electron chi connectivity index (χ0n) is 15.5. The van der Waals surface area contributed by atoms with Crippen molar-refractivity contribution in [1.82, 2.24) is 4.98 Å². The molecule has 0 aliphatic rings. The fraction of sp³-hybridized carbons (Fsp3) is 0.0909. The van der Waals surface area contributed by atoms with Crippen molar-refractivity contribution in [2.45, 2.75) is 18.7 Å². The van der Waals surface area contributed by atoms with Crippen molar-refractivity contribution in [3.05, 3.63) is 82.9 Å². The number of halogens is 1. The molecule has 142 valence electrons. The monoisotopic (exact) mass is 410 g/mol. The Balaban J connectivity index is 1.60. The van der Waals surface area contributed by atoms with E-state index in [0.29, 0.717) is 10.7 Å². The third kappa shape index (κ3) is 3.63. The van der Waals surface area contributed by atoms with Crippen LogP contribution in [0.1, 0.15) is 11.1 Å². The molecule has 4 rings (SSSR count). The first-order valence-electron chi connectivity index (χ1n) is 8.81. The summed E-state index contributed by atoms with van der Waals surface area (Å²) in [6, 6.07) is 20.3. The van der Waals surface area contributed by atoms with Gasteiger partial charge in [0.15, 0.2) is 0 Å². The number of fused-ring (bicyclic) bond motifs is 1. The summed E-state index contributed by atoms with van der Waals surface area (Å²) in [5.74, 6) is 0. The largest absolute Gasteiger partial charge is 0.355 e. The lowest BCUT2D eigenvalue weighted by atomic mass is 10.1. The number of aromatic amines is 1. The topological polar surface area (TPSA) is 62.0 Å². The molecule has 0 saturated heterocycles. The number of hydrogen-bond acceptors (Lipinski definition) is 2. The highest BCUT2D eigenvalue weighted by Crippen LogP contribution is 2.28. The minimum absolute atomic E-state index is 0.287. The molecule has 0 saturated carbocycles. The van der Waals surface area contributed by atoms with E-state index in [1.54, 1.807) is 31.2 Å². The molecular weight excluding hydrogens is 392 g/mol. The van der Waals surface area contributed by atoms with Gasteiger partial charge in [0, 0.05) is 27.3 Å². The molecule has 2 N–H and O–H groups in total. The summed E-state index contributed by atoms with van der Waals surface area (Å²) in [6.45, 7) is 3.74. The van der Waals surface area contributed by atoms with Crippen LogP contribution in [-0.2, 0) is 10.0 Å². The molecule has 1 heterocycles. The second-order valence-electron chi connectivity index (χ2n) is 6.87. The Morgan fingerprint density at radius 3 is 2.36 bits per heavy atom. The quantitative estimate of drug-likeness (QED) is 0.439. The van der Waals surface area contributed by atoms with Crippen LogP contribution in [0.2, 0.25) is 5.02 Å². The SMILES string of the molecule is Cc1ccc(S(=O)(=O)Nc2ccc(-c3cc4cc(Cl)ccc4[nH]3)cc2)c(C)c1. The number of rotatable bonds is 4. The lowest BCUT2D eigenvalue weighted by Gasteiger charge is -2.11. The molecule has 0 aliphatic carbocycles. The van der Waals surface area contributed by atoms with Gasteiger partial charge in [-0.15, -0.1) is 0 Å². The summed E-state index contributed by atoms with van der Waals surface area (Å²) in [5, 5.41) is 1.72. The van der Waals surface area contributed by atoms with Crippen LogP contribution in [0, 0.1) is 13.8 Å². The fourth-order valence-corrected chi connectivity index (χ4v) is 4.75. The zero-order valence-corrected chi connectivity index (χ0v) is 17.0. The van der Waals surface area contributed by atoms with Crippen LogP contribution in [0.5, 0.6) is 0 Å². The molecule has 0 aliphatic heterocycles. The Morgan fingerprint density at radius 1 is 0.893 bits per heavy atom. The number of aryl methyl sites for hydroxylation is 2. The van der Waals surface area contributed by atoms with Crippen LogP contribution in [0.25, 0.3) is 22.2 Å². The fourth-order valence-electron chi connectivity index (χ4n) is 3.29. The number of benzene rings is 3. The smallest absolute Gasteiger partial charge is 0.262 e. The highest BCUT2D eigenvalue weighted by molar-refractivity contribution is 7.92. The number of anilines is 1. The van der Waals surface area contributed by atoms with E-state index >= 15 is 0 Å². The molecule has 0 atom stereocenters. The van der Waals surface area contributed by atoms with Gasteiger partial charge < -0.3 is 4.98 Å². The van der Waals surface area contributed by atoms with Gasteiger partial charge in [-0.2, -0.15) is 0 Å². The first kappa shape index (κ1) is 18.6. The summed E-state index contributed by atoms with van der Waals surface area (Å²) >= 11 is 6.05. The molecule has 0 fully saturated rings. The standard InChI is InChI=1S/C22H19ClN2O2S/c1-14-3-10-22(15(2)11-14)28(26,27)25-19-7-4-16(5-8-19)21-13-17-12-18(23)6-9-20(17)24-21/h3-13,24-25H,1-2H3. The van der Waals surface area contributed by atoms with Crippen molar-refractivity contribution in [2.75, 3.05) is 4.72 Å². The van der Waals surface area contributed by atoms with Crippen LogP contribution in [0.15, 0.2) is 71.6 Å². The summed E-state index contributed by atoms with van der Waals surface area (Å²) < 4.78 is 28.1. The van der Waals surface area contributed by atoms with Gasteiger partial charge in [0.25, 0.3) is 10.0 Å². The molecule has 1 aromatic heterocycles. The molecule has 0 unspecified atom stereocenters. The van der Waals surface area contributed by atoms with Crippen molar-refractivity contribution in [3.63, 3.8) is 0 Å². The zero-order chi connectivity index (χ0) is 19.9. The van der Waals surface area contributed by atoms with E-state index in [4.69, 9.17) is 11.6 Å². The van der Waals surface area contributed by atoms with Crippen molar-refractivity contribution < 1.29 is 8.42 Å². The van der Waals surface area contributed by atoms with E-state index in [0.717, 1.165) is 33.3 Å². The second kappa shape index (κ2) is 7.00. The Bertz CT molecular complexity index is 1280. The highest BCUT2D eigenvalue weighted by atomic mass is 35.5. The van der Waals surface area contributed by atoms with E-state index in [1.807, 2.05) is 49.4 Å². The van der Waals surface area contributed by atoms with Gasteiger partial charge in [0.1, 0.15) is 0 Å². The maximum atomic E-state index is 12.7. The predicted octanol–water partition coefficient (Wildman–Crippen LogP) is 5.91. The van der Waals surface area contributed by atoms with Gasteiger partial charge in [-0.3, -0.25) is 4.72 Å². The summed E-state index contributed by atoms with van der Waals surface area (Å²) in [4.78, 5) is 3.63. The average Bonchev–Trinajstić information content (AvgIpc) is 3.04. The Hall–Kier alpha value is -2.76. The molecule has 6 heteroatoms. The first-order valence-corrected chi connectivity index (χ1v) is 10.7. The van der Waals surface area contributed by atoms with Gasteiger partial charge in [0.05, 0.1) is 4.90 Å². The molecule has 28 heavy (non-hydrogen) atoms. The van der Waals surface area contributed by atoms with Crippen LogP contribution in [0.4, 0.5) is 5.69 Å². The third-order valence-electron chi connectivity index (χ3n) is 4.65. The number of nitrogens with one attached hydrogen (secondary N) is 2. The van der Waals surface area contributed by atoms with Gasteiger partial charge in [-0.1, -0.05) is 41.4 Å². The maximum absolute atomic E-state index is 12.7. The molecule has 4 aromatic rings. The van der Waals surface area contributed by atoms with E-state index in [1.165, 1.54) is 0 Å². The molecule has 0 amide bonds. The highest BCUT2D eigenvalue weighted by Gasteiger charge is 2.17. The Morgan fingerprint density at radius 2 is 1.64 bits per heavy atom. The lowest BCUT2D eigenvalue weighted by Crippen LogP contribution is -2.14. The first-order chi connectivity index (χ1) is 13.3. The minimum atomic E-state index is -3.64. The number of aromatic nitrogens is 1. The normalized spacial score (nSPS) is 11.7. The van der Waals surface area contributed by atoms with Crippen LogP contribution in [-0.4, -0.2) is 13.4 Å². The summed E-state index contributed by atoms with van der Waals surface area (Å²) in [5.41, 5.74) is 5.17. The van der Waals surface area contributed by atoms with Gasteiger partial charge in [0.2, 0.25) is 0 Å². The predicted molar refractivity (Wildman–Crippen MR) is 115 cm³/mol. The molecule has 0 radical (unpaired) electrons. The van der Waals surface area contributed by atoms with Gasteiger partial charge in [-0.25, -0.2) is 8.42 Å². The van der Waals surface area contributed by atoms with E-state index in [2.05, 4.69) is 9.71 Å². The van der Waals surface area contributed by atoms with Crippen LogP contribution in [0.3, 0.4) is 0 Å². The minimum Gasteiger partial charge on any atom is -0.355 e. The molecular formula is C22H19ClN2O2S. The number of H-pyrrole nitrogens is 1. The molecule has 0 spiro atoms. The van der Waals surface area contributed by atoms with Gasteiger partial charge in [-0.05, 0) is 67.4 Å². The molecule has 3 aromatic carbocycles. The lowest BCUT2D eigenvalue weighted by molar-refractivity contribution is 0.600. The van der Waals surface area contributed by atoms with Crippen LogP contribution >= 0.6 is 11.6 Å². The maximum Gasteiger partial charge on any atom is 0.262 e. The van der Waals surface area contributed by atoms with E-state index in [-0.39, 0.29) is 4.90 Å². The van der Waals surface area contributed by atoms with Crippen LogP contribution < -0.4 is 4.72 Å². The van der Waals surface area contributed by atoms with E-state index < -0.39 is 10.0 Å². The van der Waals surface area contributed by atoms with Gasteiger partial charge >= 0.3 is 0 Å². The van der Waals surface area contributed by atoms with Crippen molar-refractivity contribution in [2.24, 2.45) is 0 Å². The Labute approximate surface area is 169 Å². The van der Waals surface area contributed by atoms with E-state index in [9.17, 15) is 8.42 Å². The van der Waals surface area contributed by atoms with Crippen molar-refractivity contribution >= 4 is 38.2 Å². The van der Waals surface area contributed by atoms with Crippen molar-refractivity contribution in [1.29, 1.82) is 0 Å².